The van der Waals surface area contributed by atoms with Crippen LogP contribution >= 0.6 is 0 Å². The molecule has 4 aromatic rings. The summed E-state index contributed by atoms with van der Waals surface area (Å²) in [5.74, 6) is -3.41. The first-order valence-corrected chi connectivity index (χ1v) is 15.7. The Hall–Kier alpha value is -5.25. The van der Waals surface area contributed by atoms with Gasteiger partial charge in [-0.3, -0.25) is 19.1 Å². The molecule has 1 saturated heterocycles. The summed E-state index contributed by atoms with van der Waals surface area (Å²) in [4.78, 5) is 54.0. The lowest BCUT2D eigenvalue weighted by Crippen LogP contribution is -2.48. The number of hydrogen-bond donors (Lipinski definition) is 5. The molecule has 1 aliphatic rings. The number of nitrogens with zero attached hydrogens (tertiary/aromatic N) is 1. The first-order chi connectivity index (χ1) is 22.1. The van der Waals surface area contributed by atoms with Gasteiger partial charge in [0.2, 0.25) is 27.7 Å². The van der Waals surface area contributed by atoms with E-state index in [1.807, 2.05) is 59.3 Å². The minimum atomic E-state index is -5.08. The van der Waals surface area contributed by atoms with Gasteiger partial charge in [0.15, 0.2) is 0 Å². The Labute approximate surface area is 266 Å². The Bertz CT molecular complexity index is 1830. The fourth-order valence-corrected chi connectivity index (χ4v) is 6.31. The van der Waals surface area contributed by atoms with Crippen LogP contribution in [0.5, 0.6) is 0 Å². The van der Waals surface area contributed by atoms with Gasteiger partial charge in [-0.1, -0.05) is 66.7 Å². The predicted molar refractivity (Wildman–Crippen MR) is 163 cm³/mol. The summed E-state index contributed by atoms with van der Waals surface area (Å²) < 4.78 is 58.3. The van der Waals surface area contributed by atoms with Crippen molar-refractivity contribution in [2.24, 2.45) is 0 Å². The fraction of sp³-hybridized carbons (Fsp3) is 0.258. The summed E-state index contributed by atoms with van der Waals surface area (Å²) in [6.07, 6.45) is -4.54. The number of para-hydroxylation sites is 2. The number of benzene rings is 3. The highest BCUT2D eigenvalue weighted by Gasteiger charge is 2.39. The monoisotopic (exact) mass is 673 g/mol. The Morgan fingerprint density at radius 1 is 0.936 bits per heavy atom. The van der Waals surface area contributed by atoms with Gasteiger partial charge in [-0.05, 0) is 35.2 Å². The van der Waals surface area contributed by atoms with Crippen LogP contribution in [-0.2, 0) is 42.0 Å². The molecule has 0 bridgehead atoms. The lowest BCUT2D eigenvalue weighted by molar-refractivity contribution is -0.192. The molecule has 3 atom stereocenters. The number of carbonyl (C=O) groups excluding carboxylic acids is 3. The van der Waals surface area contributed by atoms with Gasteiger partial charge in [0, 0.05) is 13.3 Å². The van der Waals surface area contributed by atoms with E-state index in [1.54, 1.807) is 24.3 Å². The number of imidazole rings is 1. The van der Waals surface area contributed by atoms with Crippen molar-refractivity contribution in [2.45, 2.75) is 49.7 Å². The van der Waals surface area contributed by atoms with E-state index in [9.17, 15) is 36.0 Å². The summed E-state index contributed by atoms with van der Waals surface area (Å²) in [7, 11) is -3.75. The minimum absolute atomic E-state index is 0.120. The topological polar surface area (TPSA) is 187 Å². The van der Waals surface area contributed by atoms with E-state index >= 15 is 0 Å². The lowest BCUT2D eigenvalue weighted by atomic mass is 10.0. The van der Waals surface area contributed by atoms with Crippen molar-refractivity contribution in [2.75, 3.05) is 0 Å². The number of halogens is 3. The maximum Gasteiger partial charge on any atom is 0.490 e. The summed E-state index contributed by atoms with van der Waals surface area (Å²) in [6.45, 7) is 1.37. The smallest absolute Gasteiger partial charge is 0.475 e. The number of sulfonamides is 1. The van der Waals surface area contributed by atoms with Gasteiger partial charge in [-0.2, -0.15) is 13.2 Å². The van der Waals surface area contributed by atoms with Crippen molar-refractivity contribution in [3.63, 3.8) is 0 Å². The summed E-state index contributed by atoms with van der Waals surface area (Å²) in [6, 6.07) is 22.5. The van der Waals surface area contributed by atoms with Crippen LogP contribution in [0.4, 0.5) is 13.2 Å². The molecule has 3 amide bonds. The van der Waals surface area contributed by atoms with Gasteiger partial charge in [-0.15, -0.1) is 0 Å². The Morgan fingerprint density at radius 3 is 2.09 bits per heavy atom. The molecule has 5 N–H and O–H groups in total. The van der Waals surface area contributed by atoms with E-state index in [0.29, 0.717) is 24.2 Å². The number of alkyl halides is 3. The number of aliphatic carboxylic acids is 1. The molecule has 0 aliphatic carbocycles. The zero-order valence-electron chi connectivity index (χ0n) is 24.7. The van der Waals surface area contributed by atoms with E-state index in [1.165, 1.54) is 6.92 Å². The number of aromatic nitrogens is 2. The van der Waals surface area contributed by atoms with Crippen molar-refractivity contribution in [1.82, 2.24) is 25.3 Å². The van der Waals surface area contributed by atoms with Gasteiger partial charge in [0.05, 0.1) is 23.5 Å². The second-order valence-electron chi connectivity index (χ2n) is 10.7. The van der Waals surface area contributed by atoms with Crippen LogP contribution in [0.15, 0.2) is 78.9 Å². The van der Waals surface area contributed by atoms with Crippen LogP contribution in [0.1, 0.15) is 47.2 Å². The Balaban J connectivity index is 0.000000644. The van der Waals surface area contributed by atoms with E-state index in [-0.39, 0.29) is 18.2 Å². The maximum atomic E-state index is 13.5. The zero-order chi connectivity index (χ0) is 34.4. The molecule has 1 fully saturated rings. The number of nitrogens with one attached hydrogen (secondary N) is 4. The molecule has 3 aromatic carbocycles. The largest absolute Gasteiger partial charge is 0.490 e. The second-order valence-corrected chi connectivity index (χ2v) is 12.5. The van der Waals surface area contributed by atoms with Gasteiger partial charge < -0.3 is 20.7 Å². The molecule has 1 aromatic heterocycles. The number of carbonyl (C=O) groups is 4. The van der Waals surface area contributed by atoms with Crippen LogP contribution < -0.4 is 15.4 Å². The normalized spacial score (nSPS) is 16.7. The molecular formula is C31H30F3N5O7S. The van der Waals surface area contributed by atoms with E-state index in [4.69, 9.17) is 14.9 Å². The molecule has 0 radical (unpaired) electrons. The van der Waals surface area contributed by atoms with Crippen LogP contribution in [0.2, 0.25) is 0 Å². The van der Waals surface area contributed by atoms with Crippen LogP contribution in [0.25, 0.3) is 11.0 Å². The summed E-state index contributed by atoms with van der Waals surface area (Å²) >= 11 is 0. The number of carboxylic acid groups (broad SMARTS) is 1. The van der Waals surface area contributed by atoms with E-state index in [2.05, 4.69) is 15.6 Å². The number of H-pyrrole nitrogens is 1. The number of rotatable bonds is 9. The average Bonchev–Trinajstić information content (AvgIpc) is 3.56. The third-order valence-corrected chi connectivity index (χ3v) is 8.77. The number of aromatic amines is 1. The number of hydrogen-bond acceptors (Lipinski definition) is 7. The highest BCUT2D eigenvalue weighted by atomic mass is 32.2. The second kappa shape index (κ2) is 14.5. The van der Waals surface area contributed by atoms with Crippen molar-refractivity contribution < 1.29 is 45.9 Å². The Morgan fingerprint density at radius 2 is 1.53 bits per heavy atom. The van der Waals surface area contributed by atoms with Crippen molar-refractivity contribution in [3.05, 3.63) is 101 Å². The van der Waals surface area contributed by atoms with Crippen molar-refractivity contribution >= 4 is 44.7 Å². The molecule has 16 heteroatoms. The molecule has 2 heterocycles. The fourth-order valence-electron chi connectivity index (χ4n) is 4.88. The Kier molecular flexibility index (Phi) is 10.6. The van der Waals surface area contributed by atoms with Crippen LogP contribution in [-0.4, -0.2) is 59.4 Å². The standard InChI is InChI=1S/C29H29N5O5S.C2HF3O2/c1-18(35)30-25(16-19-7-3-2-4-8-19)29(37)33-24(28-31-22-9-5-6-10-23(22)32-28)15-20-11-13-21(14-12-20)26-17-27(36)34-40(26,38)39;3-2(4,5)1(6)7/h2-14,24-26H,15-17H2,1H3,(H,30,35)(H,31,32)(H,33,37)(H,34,36);(H,6,7)/t24-,25-,26?;/m0./s1. The quantitative estimate of drug-likeness (QED) is 0.179. The van der Waals surface area contributed by atoms with E-state index < -0.39 is 45.4 Å². The minimum Gasteiger partial charge on any atom is -0.475 e. The molecule has 1 unspecified atom stereocenters. The number of fused-ring (bicyclic) bond motifs is 1. The van der Waals surface area contributed by atoms with Gasteiger partial charge in [0.25, 0.3) is 0 Å². The highest BCUT2D eigenvalue weighted by Crippen LogP contribution is 2.30. The molecular weight excluding hydrogens is 643 g/mol. The molecule has 5 rings (SSSR count). The van der Waals surface area contributed by atoms with Gasteiger partial charge >= 0.3 is 12.1 Å². The third-order valence-electron chi connectivity index (χ3n) is 7.07. The molecule has 1 aliphatic heterocycles. The zero-order valence-corrected chi connectivity index (χ0v) is 25.6. The van der Waals surface area contributed by atoms with Crippen molar-refractivity contribution in [1.29, 1.82) is 0 Å². The first kappa shape index (κ1) is 34.6. The molecule has 0 spiro atoms. The van der Waals surface area contributed by atoms with Gasteiger partial charge in [0.1, 0.15) is 17.1 Å². The first-order valence-electron chi connectivity index (χ1n) is 14.1. The molecule has 12 nitrogen and oxygen atoms in total. The number of carboxylic acids is 1. The number of amides is 3. The molecule has 0 saturated carbocycles. The van der Waals surface area contributed by atoms with Crippen molar-refractivity contribution in [3.8, 4) is 0 Å². The summed E-state index contributed by atoms with van der Waals surface area (Å²) in [5, 5.41) is 12.0. The SMILES string of the molecule is CC(=O)N[C@@H](Cc1ccccc1)C(=O)N[C@@H](Cc1ccc(C2CC(=O)NS2(=O)=O)cc1)c1nc2ccccc2[nH]1.O=C(O)C(F)(F)F. The molecule has 248 valence electrons. The lowest BCUT2D eigenvalue weighted by Gasteiger charge is -2.23. The third kappa shape index (κ3) is 9.38. The van der Waals surface area contributed by atoms with E-state index in [0.717, 1.165) is 22.2 Å². The average molecular weight is 674 g/mol. The van der Waals surface area contributed by atoms with Crippen LogP contribution in [0.3, 0.4) is 0 Å². The summed E-state index contributed by atoms with van der Waals surface area (Å²) in [5.41, 5.74) is 3.81. The highest BCUT2D eigenvalue weighted by molar-refractivity contribution is 7.90. The molecule has 47 heavy (non-hydrogen) atoms. The van der Waals surface area contributed by atoms with Gasteiger partial charge in [-0.25, -0.2) is 18.2 Å². The predicted octanol–water partition coefficient (Wildman–Crippen LogP) is 3.23. The maximum absolute atomic E-state index is 13.5. The van der Waals surface area contributed by atoms with Crippen LogP contribution in [0, 0.1) is 0 Å².